The molecule has 1 N–H and O–H groups in total. The lowest BCUT2D eigenvalue weighted by Gasteiger charge is -2.57. The smallest absolute Gasteiger partial charge is 0.335 e. The molecule has 35 heavy (non-hydrogen) atoms. The van der Waals surface area contributed by atoms with Crippen molar-refractivity contribution in [2.45, 2.75) is 64.7 Å². The number of carboxylic acids is 1. The number of aromatic nitrogens is 1. The summed E-state index contributed by atoms with van der Waals surface area (Å²) in [7, 11) is 0. The quantitative estimate of drug-likeness (QED) is 0.401. The Morgan fingerprint density at radius 2 is 1.57 bits per heavy atom. The minimum atomic E-state index is -0.900. The maximum atomic E-state index is 11.3. The minimum Gasteiger partial charge on any atom is -0.478 e. The molecule has 7 rings (SSSR count). The summed E-state index contributed by atoms with van der Waals surface area (Å²) in [5.41, 5.74) is 8.49. The second-order valence-electron chi connectivity index (χ2n) is 11.5. The van der Waals surface area contributed by atoms with Crippen molar-refractivity contribution in [3.05, 3.63) is 82.2 Å². The van der Waals surface area contributed by atoms with Gasteiger partial charge in [0.15, 0.2) is 0 Å². The van der Waals surface area contributed by atoms with E-state index in [4.69, 9.17) is 4.99 Å². The molecule has 4 fully saturated rings. The van der Waals surface area contributed by atoms with Crippen LogP contribution >= 0.6 is 0 Å². The van der Waals surface area contributed by atoms with Gasteiger partial charge >= 0.3 is 5.97 Å². The molecule has 1 aromatic heterocycles. The Morgan fingerprint density at radius 1 is 0.943 bits per heavy atom. The van der Waals surface area contributed by atoms with Gasteiger partial charge in [0.1, 0.15) is 0 Å². The number of carbonyl (C=O) groups is 1. The van der Waals surface area contributed by atoms with Crippen molar-refractivity contribution in [1.29, 1.82) is 0 Å². The first-order chi connectivity index (χ1) is 16.8. The van der Waals surface area contributed by atoms with Crippen molar-refractivity contribution >= 4 is 17.9 Å². The van der Waals surface area contributed by atoms with Crippen molar-refractivity contribution in [2.75, 3.05) is 0 Å². The molecular weight excluding hydrogens is 432 g/mol. The van der Waals surface area contributed by atoms with Gasteiger partial charge in [-0.05, 0) is 130 Å². The zero-order chi connectivity index (χ0) is 24.3. The molecule has 0 spiro atoms. The van der Waals surface area contributed by atoms with E-state index in [0.717, 1.165) is 51.6 Å². The highest BCUT2D eigenvalue weighted by molar-refractivity contribution is 5.88. The third kappa shape index (κ3) is 3.84. The first-order valence-corrected chi connectivity index (χ1v) is 13.0. The third-order valence-corrected chi connectivity index (χ3v) is 9.03. The molecule has 1 heterocycles. The van der Waals surface area contributed by atoms with Crippen molar-refractivity contribution < 1.29 is 9.90 Å². The number of rotatable bonds is 5. The van der Waals surface area contributed by atoms with Gasteiger partial charge in [-0.2, -0.15) is 0 Å². The average molecular weight is 467 g/mol. The second-order valence-corrected chi connectivity index (χ2v) is 11.5. The van der Waals surface area contributed by atoms with Crippen LogP contribution in [0.25, 0.3) is 5.69 Å². The first kappa shape index (κ1) is 22.3. The van der Waals surface area contributed by atoms with E-state index < -0.39 is 5.97 Å². The molecule has 0 radical (unpaired) electrons. The van der Waals surface area contributed by atoms with Gasteiger partial charge < -0.3 is 9.67 Å². The lowest BCUT2D eigenvalue weighted by molar-refractivity contribution is -0.00518. The van der Waals surface area contributed by atoms with Crippen LogP contribution in [0, 0.1) is 38.5 Å². The van der Waals surface area contributed by atoms with Gasteiger partial charge in [0.05, 0.1) is 11.3 Å². The molecule has 4 saturated carbocycles. The Kier molecular flexibility index (Phi) is 5.24. The molecular formula is C31H34N2O2. The molecule has 4 aliphatic carbocycles. The summed E-state index contributed by atoms with van der Waals surface area (Å²) in [6.07, 6.45) is 10.6. The van der Waals surface area contributed by atoms with Crippen LogP contribution < -0.4 is 0 Å². The predicted octanol–water partition coefficient (Wildman–Crippen LogP) is 7.32. The third-order valence-electron chi connectivity index (χ3n) is 9.03. The maximum Gasteiger partial charge on any atom is 0.335 e. The number of aromatic carboxylic acids is 1. The highest BCUT2D eigenvalue weighted by Crippen LogP contribution is 2.60. The fourth-order valence-electron chi connectivity index (χ4n) is 7.84. The van der Waals surface area contributed by atoms with Crippen LogP contribution in [0.2, 0.25) is 0 Å². The number of hydrogen-bond acceptors (Lipinski definition) is 2. The lowest BCUT2D eigenvalue weighted by atomic mass is 9.48. The van der Waals surface area contributed by atoms with Crippen LogP contribution in [0.4, 0.5) is 5.69 Å². The van der Waals surface area contributed by atoms with E-state index in [0.29, 0.717) is 11.0 Å². The molecule has 0 unspecified atom stereocenters. The summed E-state index contributed by atoms with van der Waals surface area (Å²) in [6.45, 7) is 6.13. The fourth-order valence-corrected chi connectivity index (χ4v) is 7.84. The Balaban J connectivity index is 1.24. The van der Waals surface area contributed by atoms with Gasteiger partial charge in [-0.1, -0.05) is 12.1 Å². The number of hydrogen-bond donors (Lipinski definition) is 1. The molecule has 0 amide bonds. The molecule has 0 atom stereocenters. The minimum absolute atomic E-state index is 0.312. The summed E-state index contributed by atoms with van der Waals surface area (Å²) in [5.74, 6) is 1.97. The van der Waals surface area contributed by atoms with E-state index in [9.17, 15) is 9.90 Å². The SMILES string of the molecule is Cc1cc(C(=O)O)ccc1-n1c(C)cc(C=Nc2ccc(C34CC5CC(CC(C5)C3)C4)cc2)c1C. The lowest BCUT2D eigenvalue weighted by Crippen LogP contribution is -2.48. The van der Waals surface area contributed by atoms with Crippen LogP contribution in [0.3, 0.4) is 0 Å². The van der Waals surface area contributed by atoms with E-state index in [1.54, 1.807) is 12.1 Å². The molecule has 2 aromatic carbocycles. The standard InChI is InChI=1S/C31H34N2O2/c1-19-10-25(30(34)35)4-9-29(19)33-20(2)11-26(21(33)3)18-32-28-7-5-27(6-8-28)31-15-22-12-23(16-31)14-24(13-22)17-31/h4-11,18,22-24H,12-17H2,1-3H3,(H,34,35). The zero-order valence-corrected chi connectivity index (χ0v) is 20.9. The highest BCUT2D eigenvalue weighted by atomic mass is 16.4. The van der Waals surface area contributed by atoms with E-state index in [1.165, 1.54) is 44.1 Å². The first-order valence-electron chi connectivity index (χ1n) is 13.0. The van der Waals surface area contributed by atoms with Gasteiger partial charge in [-0.25, -0.2) is 4.79 Å². The summed E-state index contributed by atoms with van der Waals surface area (Å²) < 4.78 is 2.18. The van der Waals surface area contributed by atoms with Crippen LogP contribution in [-0.4, -0.2) is 21.9 Å². The summed E-state index contributed by atoms with van der Waals surface area (Å²) >= 11 is 0. The van der Waals surface area contributed by atoms with Crippen molar-refractivity contribution in [2.24, 2.45) is 22.7 Å². The number of aliphatic imine (C=N–C) groups is 1. The Labute approximate surface area is 207 Å². The largest absolute Gasteiger partial charge is 0.478 e. The van der Waals surface area contributed by atoms with Crippen molar-refractivity contribution in [1.82, 2.24) is 4.57 Å². The van der Waals surface area contributed by atoms with E-state index >= 15 is 0 Å². The highest BCUT2D eigenvalue weighted by Gasteiger charge is 2.51. The average Bonchev–Trinajstić information content (AvgIpc) is 3.10. The normalized spacial score (nSPS) is 27.1. The van der Waals surface area contributed by atoms with Crippen LogP contribution in [0.15, 0.2) is 53.5 Å². The maximum absolute atomic E-state index is 11.3. The van der Waals surface area contributed by atoms with Gasteiger partial charge in [0.25, 0.3) is 0 Å². The van der Waals surface area contributed by atoms with Gasteiger partial charge in [-0.15, -0.1) is 0 Å². The number of aryl methyl sites for hydroxylation is 2. The number of carboxylic acid groups (broad SMARTS) is 1. The predicted molar refractivity (Wildman–Crippen MR) is 140 cm³/mol. The molecule has 0 aliphatic heterocycles. The summed E-state index contributed by atoms with van der Waals surface area (Å²) in [6, 6.07) is 16.5. The molecule has 0 saturated heterocycles. The molecule has 4 bridgehead atoms. The Morgan fingerprint density at radius 3 is 2.14 bits per heavy atom. The fraction of sp³-hybridized carbons (Fsp3) is 0.419. The van der Waals surface area contributed by atoms with Gasteiger partial charge in [0.2, 0.25) is 0 Å². The molecule has 4 heteroatoms. The van der Waals surface area contributed by atoms with Gasteiger partial charge in [0, 0.05) is 28.9 Å². The summed E-state index contributed by atoms with van der Waals surface area (Å²) in [5, 5.41) is 9.29. The second kappa shape index (κ2) is 8.22. The van der Waals surface area contributed by atoms with E-state index in [1.807, 2.05) is 19.2 Å². The van der Waals surface area contributed by atoms with E-state index in [2.05, 4.69) is 48.7 Å². The Hall–Kier alpha value is -3.14. The van der Waals surface area contributed by atoms with Crippen LogP contribution in [0.1, 0.15) is 77.0 Å². The van der Waals surface area contributed by atoms with Crippen molar-refractivity contribution in [3.63, 3.8) is 0 Å². The molecule has 4 nitrogen and oxygen atoms in total. The summed E-state index contributed by atoms with van der Waals surface area (Å²) in [4.78, 5) is 16.1. The topological polar surface area (TPSA) is 54.6 Å². The number of benzene rings is 2. The van der Waals surface area contributed by atoms with E-state index in [-0.39, 0.29) is 0 Å². The van der Waals surface area contributed by atoms with Crippen LogP contribution in [0.5, 0.6) is 0 Å². The monoisotopic (exact) mass is 466 g/mol. The molecule has 180 valence electrons. The number of nitrogens with zero attached hydrogens (tertiary/aromatic N) is 2. The van der Waals surface area contributed by atoms with Gasteiger partial charge in [-0.3, -0.25) is 4.99 Å². The molecule has 4 aliphatic rings. The zero-order valence-electron chi connectivity index (χ0n) is 20.9. The molecule has 3 aromatic rings. The van der Waals surface area contributed by atoms with Crippen LogP contribution in [-0.2, 0) is 5.41 Å². The van der Waals surface area contributed by atoms with Crippen molar-refractivity contribution in [3.8, 4) is 5.69 Å². The Bertz CT molecular complexity index is 1290.